The Bertz CT molecular complexity index is 626. The third-order valence-corrected chi connectivity index (χ3v) is 2.46. The van der Waals surface area contributed by atoms with Gasteiger partial charge in [0.15, 0.2) is 5.69 Å². The van der Waals surface area contributed by atoms with Crippen molar-refractivity contribution in [3.05, 3.63) is 47.9 Å². The van der Waals surface area contributed by atoms with Crippen molar-refractivity contribution in [2.24, 2.45) is 0 Å². The van der Waals surface area contributed by atoms with Crippen molar-refractivity contribution in [1.82, 2.24) is 9.97 Å². The van der Waals surface area contributed by atoms with Crippen LogP contribution in [0.25, 0.3) is 11.3 Å². The van der Waals surface area contributed by atoms with Gasteiger partial charge in [-0.15, -0.1) is 0 Å². The number of esters is 1. The van der Waals surface area contributed by atoms with Crippen molar-refractivity contribution >= 4 is 11.9 Å². The average molecular weight is 258 g/mol. The van der Waals surface area contributed by atoms with Crippen LogP contribution in [0.3, 0.4) is 0 Å². The van der Waals surface area contributed by atoms with Gasteiger partial charge in [0.2, 0.25) is 0 Å². The normalized spacial score (nSPS) is 9.95. The van der Waals surface area contributed by atoms with Crippen molar-refractivity contribution in [1.29, 1.82) is 0 Å². The molecule has 0 aliphatic rings. The Morgan fingerprint density at radius 3 is 2.63 bits per heavy atom. The fraction of sp³-hybridized carbons (Fsp3) is 0.0769. The summed E-state index contributed by atoms with van der Waals surface area (Å²) in [5, 5.41) is 9.10. The number of aromatic carboxylic acids is 1. The number of methoxy groups -OCH3 is 1. The Balaban J connectivity index is 2.54. The molecule has 0 saturated carbocycles. The maximum atomic E-state index is 11.4. The molecule has 6 nitrogen and oxygen atoms in total. The molecule has 0 saturated heterocycles. The summed E-state index contributed by atoms with van der Waals surface area (Å²) in [5.41, 5.74) is 0.676. The molecule has 0 bridgehead atoms. The zero-order valence-electron chi connectivity index (χ0n) is 10.0. The van der Waals surface area contributed by atoms with Gasteiger partial charge in [0.1, 0.15) is 0 Å². The first kappa shape index (κ1) is 12.7. The fourth-order valence-corrected chi connectivity index (χ4v) is 1.57. The molecular formula is C13H10N2O4. The van der Waals surface area contributed by atoms with E-state index in [9.17, 15) is 9.59 Å². The van der Waals surface area contributed by atoms with Gasteiger partial charge in [-0.05, 0) is 24.3 Å². The number of carbonyl (C=O) groups is 2. The molecule has 0 aliphatic heterocycles. The summed E-state index contributed by atoms with van der Waals surface area (Å²) in [5.74, 6) is -2.02. The van der Waals surface area contributed by atoms with E-state index < -0.39 is 11.9 Å². The van der Waals surface area contributed by atoms with Gasteiger partial charge < -0.3 is 9.84 Å². The van der Waals surface area contributed by atoms with E-state index in [-0.39, 0.29) is 11.3 Å². The number of pyridine rings is 2. The van der Waals surface area contributed by atoms with Gasteiger partial charge in [0, 0.05) is 18.0 Å². The molecule has 2 rings (SSSR count). The van der Waals surface area contributed by atoms with Crippen LogP contribution in [0.4, 0.5) is 0 Å². The van der Waals surface area contributed by atoms with Gasteiger partial charge in [0.05, 0.1) is 18.4 Å². The average Bonchev–Trinajstić information content (AvgIpc) is 2.46. The summed E-state index contributed by atoms with van der Waals surface area (Å²) in [6, 6.07) is 6.39. The first-order valence-electron chi connectivity index (χ1n) is 5.36. The lowest BCUT2D eigenvalue weighted by Crippen LogP contribution is -2.12. The number of ether oxygens (including phenoxy) is 1. The molecule has 0 fully saturated rings. The van der Waals surface area contributed by atoms with E-state index in [0.29, 0.717) is 11.3 Å². The highest BCUT2D eigenvalue weighted by Gasteiger charge is 2.19. The molecule has 2 aromatic rings. The summed E-state index contributed by atoms with van der Waals surface area (Å²) in [4.78, 5) is 30.5. The Morgan fingerprint density at radius 1 is 1.26 bits per heavy atom. The van der Waals surface area contributed by atoms with E-state index in [1.165, 1.54) is 13.2 Å². The summed E-state index contributed by atoms with van der Waals surface area (Å²) >= 11 is 0. The van der Waals surface area contributed by atoms with E-state index in [1.807, 2.05) is 0 Å². The molecule has 2 heterocycles. The number of aromatic nitrogens is 2. The molecule has 0 spiro atoms. The molecule has 96 valence electrons. The zero-order valence-corrected chi connectivity index (χ0v) is 10.0. The maximum absolute atomic E-state index is 11.4. The Labute approximate surface area is 108 Å². The van der Waals surface area contributed by atoms with Crippen molar-refractivity contribution in [2.75, 3.05) is 7.11 Å². The molecule has 0 aromatic carbocycles. The minimum Gasteiger partial charge on any atom is -0.476 e. The van der Waals surface area contributed by atoms with Gasteiger partial charge in [0.25, 0.3) is 0 Å². The molecule has 0 amide bonds. The topological polar surface area (TPSA) is 89.4 Å². The summed E-state index contributed by atoms with van der Waals surface area (Å²) in [6.45, 7) is 0. The number of nitrogens with zero attached hydrogens (tertiary/aromatic N) is 2. The van der Waals surface area contributed by atoms with Crippen molar-refractivity contribution in [2.45, 2.75) is 0 Å². The summed E-state index contributed by atoms with van der Waals surface area (Å²) in [7, 11) is 1.18. The van der Waals surface area contributed by atoms with Gasteiger partial charge in [-0.25, -0.2) is 14.6 Å². The fourth-order valence-electron chi connectivity index (χ4n) is 1.57. The molecule has 0 atom stereocenters. The van der Waals surface area contributed by atoms with E-state index in [2.05, 4.69) is 14.7 Å². The number of hydrogen-bond donors (Lipinski definition) is 1. The molecule has 19 heavy (non-hydrogen) atoms. The summed E-state index contributed by atoms with van der Waals surface area (Å²) < 4.78 is 4.52. The van der Waals surface area contributed by atoms with E-state index in [4.69, 9.17) is 5.11 Å². The number of carbonyl (C=O) groups excluding carboxylic acids is 1. The van der Waals surface area contributed by atoms with Crippen LogP contribution in [0.5, 0.6) is 0 Å². The first-order valence-corrected chi connectivity index (χ1v) is 5.36. The van der Waals surface area contributed by atoms with Crippen LogP contribution in [0.1, 0.15) is 20.8 Å². The van der Waals surface area contributed by atoms with Gasteiger partial charge in [-0.1, -0.05) is 0 Å². The number of hydrogen-bond acceptors (Lipinski definition) is 5. The highest BCUT2D eigenvalue weighted by Crippen LogP contribution is 2.18. The van der Waals surface area contributed by atoms with Crippen LogP contribution in [0.2, 0.25) is 0 Å². The second kappa shape index (κ2) is 5.26. The minimum absolute atomic E-state index is 0.0809. The third-order valence-electron chi connectivity index (χ3n) is 2.46. The van der Waals surface area contributed by atoms with Gasteiger partial charge >= 0.3 is 11.9 Å². The molecule has 0 aliphatic carbocycles. The SMILES string of the molecule is COC(=O)c1ccc(-c2cccnc2)nc1C(=O)O. The number of rotatable bonds is 3. The number of carboxylic acid groups (broad SMARTS) is 1. The Morgan fingerprint density at radius 2 is 2.05 bits per heavy atom. The Kier molecular flexibility index (Phi) is 3.51. The molecule has 6 heteroatoms. The predicted molar refractivity (Wildman–Crippen MR) is 65.8 cm³/mol. The highest BCUT2D eigenvalue weighted by atomic mass is 16.5. The van der Waals surface area contributed by atoms with Crippen LogP contribution >= 0.6 is 0 Å². The second-order valence-corrected chi connectivity index (χ2v) is 3.63. The maximum Gasteiger partial charge on any atom is 0.355 e. The van der Waals surface area contributed by atoms with Gasteiger partial charge in [-0.3, -0.25) is 4.98 Å². The standard InChI is InChI=1S/C13H10N2O4/c1-19-13(18)9-4-5-10(15-11(9)12(16)17)8-3-2-6-14-7-8/h2-7H,1H3,(H,16,17). The van der Waals surface area contributed by atoms with E-state index >= 15 is 0 Å². The monoisotopic (exact) mass is 258 g/mol. The van der Waals surface area contributed by atoms with Crippen molar-refractivity contribution in [3.63, 3.8) is 0 Å². The predicted octanol–water partition coefficient (Wildman–Crippen LogP) is 1.63. The minimum atomic E-state index is -1.29. The second-order valence-electron chi connectivity index (χ2n) is 3.63. The highest BCUT2D eigenvalue weighted by molar-refractivity contribution is 6.01. The van der Waals surface area contributed by atoms with E-state index in [1.54, 1.807) is 30.6 Å². The quantitative estimate of drug-likeness (QED) is 0.841. The van der Waals surface area contributed by atoms with Crippen LogP contribution in [-0.2, 0) is 4.74 Å². The molecule has 0 radical (unpaired) electrons. The van der Waals surface area contributed by atoms with Crippen molar-refractivity contribution < 1.29 is 19.4 Å². The molecule has 0 unspecified atom stereocenters. The lowest BCUT2D eigenvalue weighted by Gasteiger charge is -2.06. The van der Waals surface area contributed by atoms with Crippen LogP contribution in [-0.4, -0.2) is 34.1 Å². The zero-order chi connectivity index (χ0) is 13.8. The van der Waals surface area contributed by atoms with Crippen LogP contribution < -0.4 is 0 Å². The lowest BCUT2D eigenvalue weighted by molar-refractivity contribution is 0.0580. The number of carboxylic acids is 1. The largest absolute Gasteiger partial charge is 0.476 e. The Hall–Kier alpha value is -2.76. The van der Waals surface area contributed by atoms with Gasteiger partial charge in [-0.2, -0.15) is 0 Å². The smallest absolute Gasteiger partial charge is 0.355 e. The molecule has 1 N–H and O–H groups in total. The molecule has 2 aromatic heterocycles. The summed E-state index contributed by atoms with van der Waals surface area (Å²) in [6.07, 6.45) is 3.16. The van der Waals surface area contributed by atoms with E-state index in [0.717, 1.165) is 0 Å². The molecular weight excluding hydrogens is 248 g/mol. The van der Waals surface area contributed by atoms with Crippen LogP contribution in [0.15, 0.2) is 36.7 Å². The third kappa shape index (κ3) is 2.57. The van der Waals surface area contributed by atoms with Crippen molar-refractivity contribution in [3.8, 4) is 11.3 Å². The first-order chi connectivity index (χ1) is 9.13. The van der Waals surface area contributed by atoms with Crippen LogP contribution in [0, 0.1) is 0 Å². The lowest BCUT2D eigenvalue weighted by atomic mass is 10.1.